The summed E-state index contributed by atoms with van der Waals surface area (Å²) in [6.45, 7) is 11.9. The number of rotatable bonds is 1. The molecule has 72 valence electrons. The Bertz CT molecular complexity index is 134. The Labute approximate surface area is 76.9 Å². The number of piperidine rings is 1. The summed E-state index contributed by atoms with van der Waals surface area (Å²) in [5.74, 6) is 1.82. The van der Waals surface area contributed by atoms with Crippen molar-refractivity contribution in [2.75, 3.05) is 13.1 Å². The Morgan fingerprint density at radius 3 is 2.42 bits per heavy atom. The van der Waals surface area contributed by atoms with E-state index in [0.717, 1.165) is 11.8 Å². The van der Waals surface area contributed by atoms with Crippen molar-refractivity contribution in [3.05, 3.63) is 0 Å². The van der Waals surface area contributed by atoms with Gasteiger partial charge in [-0.05, 0) is 36.8 Å². The number of hydrogen-bond acceptors (Lipinski definition) is 1. The second kappa shape index (κ2) is 3.78. The summed E-state index contributed by atoms with van der Waals surface area (Å²) in [5, 5.41) is 3.51. The minimum atomic E-state index is 0.480. The summed E-state index contributed by atoms with van der Waals surface area (Å²) in [7, 11) is 0. The lowest BCUT2D eigenvalue weighted by Crippen LogP contribution is -2.42. The first-order chi connectivity index (χ1) is 5.55. The maximum absolute atomic E-state index is 3.51. The van der Waals surface area contributed by atoms with Gasteiger partial charge in [0.05, 0.1) is 0 Å². The molecule has 1 N–H and O–H groups in total. The van der Waals surface area contributed by atoms with Crippen molar-refractivity contribution >= 4 is 0 Å². The van der Waals surface area contributed by atoms with E-state index in [-0.39, 0.29) is 0 Å². The van der Waals surface area contributed by atoms with Crippen molar-refractivity contribution in [3.8, 4) is 0 Å². The van der Waals surface area contributed by atoms with Crippen molar-refractivity contribution in [3.63, 3.8) is 0 Å². The van der Waals surface area contributed by atoms with Crippen LogP contribution in [0.4, 0.5) is 0 Å². The molecule has 1 aliphatic rings. The van der Waals surface area contributed by atoms with E-state index in [4.69, 9.17) is 0 Å². The maximum atomic E-state index is 3.51. The van der Waals surface area contributed by atoms with Crippen molar-refractivity contribution in [2.24, 2.45) is 17.3 Å². The van der Waals surface area contributed by atoms with Gasteiger partial charge in [0.15, 0.2) is 0 Å². The number of hydrogen-bond donors (Lipinski definition) is 1. The maximum Gasteiger partial charge on any atom is -0.00129 e. The molecule has 0 aromatic rings. The molecule has 1 heteroatoms. The molecule has 0 aliphatic carbocycles. The predicted octanol–water partition coefficient (Wildman–Crippen LogP) is 2.67. The highest BCUT2D eigenvalue weighted by Gasteiger charge is 2.32. The first-order valence-corrected chi connectivity index (χ1v) is 5.26. The molecule has 0 radical (unpaired) electrons. The zero-order valence-corrected chi connectivity index (χ0v) is 8.98. The third-order valence-corrected chi connectivity index (χ3v) is 3.26. The van der Waals surface area contributed by atoms with Gasteiger partial charge in [-0.2, -0.15) is 0 Å². The van der Waals surface area contributed by atoms with E-state index in [1.165, 1.54) is 25.9 Å². The van der Waals surface area contributed by atoms with Crippen molar-refractivity contribution < 1.29 is 0 Å². The SMILES string of the molecule is CC[C@H]1CCNC[C@@H]1C(C)(C)C. The van der Waals surface area contributed by atoms with Gasteiger partial charge in [-0.25, -0.2) is 0 Å². The monoisotopic (exact) mass is 169 g/mol. The van der Waals surface area contributed by atoms with Gasteiger partial charge in [-0.15, -0.1) is 0 Å². The minimum absolute atomic E-state index is 0.480. The fourth-order valence-corrected chi connectivity index (χ4v) is 2.41. The molecular formula is C11H23N. The molecule has 2 atom stereocenters. The van der Waals surface area contributed by atoms with E-state index in [1.807, 2.05) is 0 Å². The van der Waals surface area contributed by atoms with E-state index >= 15 is 0 Å². The molecule has 0 aromatic carbocycles. The highest BCUT2D eigenvalue weighted by Crippen LogP contribution is 2.36. The van der Waals surface area contributed by atoms with Gasteiger partial charge in [0.2, 0.25) is 0 Å². The summed E-state index contributed by atoms with van der Waals surface area (Å²) in [5.41, 5.74) is 0.480. The average molecular weight is 169 g/mol. The van der Waals surface area contributed by atoms with Crippen LogP contribution in [0.25, 0.3) is 0 Å². The fraction of sp³-hybridized carbons (Fsp3) is 1.00. The summed E-state index contributed by atoms with van der Waals surface area (Å²) >= 11 is 0. The van der Waals surface area contributed by atoms with Crippen LogP contribution in [-0.4, -0.2) is 13.1 Å². The lowest BCUT2D eigenvalue weighted by atomic mass is 9.69. The molecule has 12 heavy (non-hydrogen) atoms. The van der Waals surface area contributed by atoms with Crippen molar-refractivity contribution in [2.45, 2.75) is 40.5 Å². The summed E-state index contributed by atoms with van der Waals surface area (Å²) < 4.78 is 0. The molecule has 1 aliphatic heterocycles. The molecule has 1 rings (SSSR count). The topological polar surface area (TPSA) is 12.0 Å². The summed E-state index contributed by atoms with van der Waals surface area (Å²) in [6, 6.07) is 0. The van der Waals surface area contributed by atoms with Crippen LogP contribution in [0.5, 0.6) is 0 Å². The first kappa shape index (κ1) is 10.0. The molecule has 1 saturated heterocycles. The quantitative estimate of drug-likeness (QED) is 0.636. The Balaban J connectivity index is 2.59. The lowest BCUT2D eigenvalue weighted by molar-refractivity contribution is 0.118. The smallest absolute Gasteiger partial charge is 0.00129 e. The van der Waals surface area contributed by atoms with Crippen LogP contribution in [-0.2, 0) is 0 Å². The zero-order valence-electron chi connectivity index (χ0n) is 8.98. The molecule has 1 nitrogen and oxygen atoms in total. The Hall–Kier alpha value is -0.0400. The Kier molecular flexibility index (Phi) is 3.16. The van der Waals surface area contributed by atoms with Gasteiger partial charge < -0.3 is 5.32 Å². The third kappa shape index (κ3) is 2.22. The second-order valence-corrected chi connectivity index (χ2v) is 5.13. The van der Waals surface area contributed by atoms with Gasteiger partial charge in [-0.3, -0.25) is 0 Å². The molecule has 1 heterocycles. The largest absolute Gasteiger partial charge is 0.316 e. The van der Waals surface area contributed by atoms with E-state index in [1.54, 1.807) is 0 Å². The zero-order chi connectivity index (χ0) is 9.19. The standard InChI is InChI=1S/C11H23N/c1-5-9-6-7-12-8-10(9)11(2,3)4/h9-10,12H,5-8H2,1-4H3/t9-,10-/m0/s1. The Morgan fingerprint density at radius 2 is 2.00 bits per heavy atom. The van der Waals surface area contributed by atoms with Crippen LogP contribution in [0.15, 0.2) is 0 Å². The van der Waals surface area contributed by atoms with Crippen LogP contribution in [0.3, 0.4) is 0 Å². The van der Waals surface area contributed by atoms with Gasteiger partial charge in [0.25, 0.3) is 0 Å². The molecule has 1 fully saturated rings. The molecular weight excluding hydrogens is 146 g/mol. The highest BCUT2D eigenvalue weighted by atomic mass is 14.9. The normalized spacial score (nSPS) is 32.0. The molecule has 0 unspecified atom stereocenters. The lowest BCUT2D eigenvalue weighted by Gasteiger charge is -2.40. The van der Waals surface area contributed by atoms with Crippen molar-refractivity contribution in [1.29, 1.82) is 0 Å². The third-order valence-electron chi connectivity index (χ3n) is 3.26. The molecule has 0 bridgehead atoms. The van der Waals surface area contributed by atoms with Crippen LogP contribution in [0, 0.1) is 17.3 Å². The molecule has 0 aromatic heterocycles. The fourth-order valence-electron chi connectivity index (χ4n) is 2.41. The van der Waals surface area contributed by atoms with Gasteiger partial charge in [0, 0.05) is 0 Å². The van der Waals surface area contributed by atoms with Crippen LogP contribution >= 0.6 is 0 Å². The van der Waals surface area contributed by atoms with E-state index in [0.29, 0.717) is 5.41 Å². The minimum Gasteiger partial charge on any atom is -0.316 e. The average Bonchev–Trinajstić information content (AvgIpc) is 2.03. The van der Waals surface area contributed by atoms with Crippen LogP contribution in [0.2, 0.25) is 0 Å². The van der Waals surface area contributed by atoms with E-state index in [9.17, 15) is 0 Å². The van der Waals surface area contributed by atoms with Crippen LogP contribution < -0.4 is 5.32 Å². The van der Waals surface area contributed by atoms with Gasteiger partial charge in [0.1, 0.15) is 0 Å². The molecule has 0 saturated carbocycles. The van der Waals surface area contributed by atoms with Gasteiger partial charge >= 0.3 is 0 Å². The molecule has 0 amide bonds. The summed E-state index contributed by atoms with van der Waals surface area (Å²) in [6.07, 6.45) is 2.72. The predicted molar refractivity (Wildman–Crippen MR) is 54.2 cm³/mol. The summed E-state index contributed by atoms with van der Waals surface area (Å²) in [4.78, 5) is 0. The number of nitrogens with one attached hydrogen (secondary N) is 1. The Morgan fingerprint density at radius 1 is 1.33 bits per heavy atom. The van der Waals surface area contributed by atoms with Crippen LogP contribution in [0.1, 0.15) is 40.5 Å². The van der Waals surface area contributed by atoms with E-state index < -0.39 is 0 Å². The second-order valence-electron chi connectivity index (χ2n) is 5.13. The van der Waals surface area contributed by atoms with Crippen molar-refractivity contribution in [1.82, 2.24) is 5.32 Å². The molecule has 0 spiro atoms. The van der Waals surface area contributed by atoms with E-state index in [2.05, 4.69) is 33.0 Å². The van der Waals surface area contributed by atoms with Gasteiger partial charge in [-0.1, -0.05) is 34.1 Å². The first-order valence-electron chi connectivity index (χ1n) is 5.26. The highest BCUT2D eigenvalue weighted by molar-refractivity contribution is 4.85.